The van der Waals surface area contributed by atoms with Crippen molar-refractivity contribution in [3.63, 3.8) is 0 Å². The van der Waals surface area contributed by atoms with Gasteiger partial charge in [-0.1, -0.05) is 19.3 Å². The third-order valence-corrected chi connectivity index (χ3v) is 4.21. The highest BCUT2D eigenvalue weighted by Crippen LogP contribution is 2.26. The van der Waals surface area contributed by atoms with Gasteiger partial charge in [0.05, 0.1) is 12.6 Å². The van der Waals surface area contributed by atoms with Crippen LogP contribution >= 0.6 is 0 Å². The maximum Gasteiger partial charge on any atom is 0.326 e. The lowest BCUT2D eigenvalue weighted by Gasteiger charge is -2.32. The van der Waals surface area contributed by atoms with E-state index in [1.165, 1.54) is 0 Å². The van der Waals surface area contributed by atoms with Crippen LogP contribution in [0.2, 0.25) is 0 Å². The molecule has 0 bridgehead atoms. The first-order valence-electron chi connectivity index (χ1n) is 7.80. The van der Waals surface area contributed by atoms with Crippen molar-refractivity contribution in [1.29, 1.82) is 0 Å². The number of nitrogens with zero attached hydrogens (tertiary/aromatic N) is 1. The fourth-order valence-electron chi connectivity index (χ4n) is 3.05. The van der Waals surface area contributed by atoms with E-state index in [1.807, 2.05) is 13.8 Å². The first-order chi connectivity index (χ1) is 10.0. The van der Waals surface area contributed by atoms with E-state index >= 15 is 0 Å². The van der Waals surface area contributed by atoms with Crippen LogP contribution in [-0.2, 0) is 9.53 Å². The lowest BCUT2D eigenvalue weighted by atomic mass is 9.84. The molecule has 0 radical (unpaired) electrons. The van der Waals surface area contributed by atoms with Crippen LogP contribution in [0.4, 0.5) is 4.79 Å². The fourth-order valence-corrected chi connectivity index (χ4v) is 3.05. The van der Waals surface area contributed by atoms with E-state index in [1.54, 1.807) is 12.0 Å². The first kappa shape index (κ1) is 17.8. The van der Waals surface area contributed by atoms with Crippen molar-refractivity contribution in [3.05, 3.63) is 0 Å². The van der Waals surface area contributed by atoms with Gasteiger partial charge < -0.3 is 20.1 Å². The van der Waals surface area contributed by atoms with Gasteiger partial charge in [-0.15, -0.1) is 0 Å². The van der Waals surface area contributed by atoms with Gasteiger partial charge in [-0.05, 0) is 32.6 Å². The van der Waals surface area contributed by atoms with Gasteiger partial charge in [-0.3, -0.25) is 0 Å². The van der Waals surface area contributed by atoms with Crippen LogP contribution < -0.4 is 5.32 Å². The minimum atomic E-state index is -0.939. The maximum atomic E-state index is 12.3. The zero-order valence-corrected chi connectivity index (χ0v) is 13.3. The Labute approximate surface area is 126 Å². The number of carbonyl (C=O) groups excluding carboxylic acids is 1. The SMILES string of the molecule is CCN(C(=O)NC(C(=O)O)C1CCCCC1)C(C)COC. The van der Waals surface area contributed by atoms with Gasteiger partial charge in [0.15, 0.2) is 0 Å². The third kappa shape index (κ3) is 5.19. The van der Waals surface area contributed by atoms with Crippen LogP contribution in [0.5, 0.6) is 0 Å². The summed E-state index contributed by atoms with van der Waals surface area (Å²) in [6.45, 7) is 4.72. The zero-order chi connectivity index (χ0) is 15.8. The number of carboxylic acids is 1. The van der Waals surface area contributed by atoms with E-state index in [4.69, 9.17) is 4.74 Å². The molecule has 1 saturated carbocycles. The second kappa shape index (κ2) is 8.87. The monoisotopic (exact) mass is 300 g/mol. The highest BCUT2D eigenvalue weighted by molar-refractivity contribution is 5.83. The number of aliphatic carboxylic acids is 1. The van der Waals surface area contributed by atoms with Crippen molar-refractivity contribution >= 4 is 12.0 Å². The lowest BCUT2D eigenvalue weighted by Crippen LogP contribution is -2.54. The van der Waals surface area contributed by atoms with E-state index < -0.39 is 12.0 Å². The summed E-state index contributed by atoms with van der Waals surface area (Å²) in [5, 5.41) is 12.1. The molecule has 122 valence electrons. The standard InChI is InChI=1S/C15H28N2O4/c1-4-17(11(2)10-21-3)15(20)16-13(14(18)19)12-8-6-5-7-9-12/h11-13H,4-10H2,1-3H3,(H,16,20)(H,18,19). The van der Waals surface area contributed by atoms with Crippen molar-refractivity contribution < 1.29 is 19.4 Å². The van der Waals surface area contributed by atoms with Crippen molar-refractivity contribution in [3.8, 4) is 0 Å². The molecule has 2 amide bonds. The van der Waals surface area contributed by atoms with E-state index in [9.17, 15) is 14.7 Å². The predicted molar refractivity (Wildman–Crippen MR) is 80.2 cm³/mol. The second-order valence-electron chi connectivity index (χ2n) is 5.75. The molecule has 0 spiro atoms. The molecule has 0 aliphatic heterocycles. The van der Waals surface area contributed by atoms with Gasteiger partial charge in [-0.2, -0.15) is 0 Å². The Morgan fingerprint density at radius 3 is 2.43 bits per heavy atom. The van der Waals surface area contributed by atoms with E-state index in [2.05, 4.69) is 5.32 Å². The van der Waals surface area contributed by atoms with Crippen LogP contribution in [0.1, 0.15) is 46.0 Å². The molecule has 6 nitrogen and oxygen atoms in total. The molecular formula is C15H28N2O4. The Morgan fingerprint density at radius 2 is 1.95 bits per heavy atom. The molecule has 0 aromatic rings. The average Bonchev–Trinajstić information content (AvgIpc) is 2.46. The zero-order valence-electron chi connectivity index (χ0n) is 13.3. The van der Waals surface area contributed by atoms with Crippen LogP contribution in [0.3, 0.4) is 0 Å². The molecule has 1 aliphatic carbocycles. The number of likely N-dealkylation sites (N-methyl/N-ethyl adjacent to an activating group) is 1. The summed E-state index contributed by atoms with van der Waals surface area (Å²) in [7, 11) is 1.59. The minimum absolute atomic E-state index is 0.0386. The number of carboxylic acid groups (broad SMARTS) is 1. The summed E-state index contributed by atoms with van der Waals surface area (Å²) in [5.41, 5.74) is 0. The predicted octanol–water partition coefficient (Wildman–Crippen LogP) is 2.09. The molecule has 21 heavy (non-hydrogen) atoms. The van der Waals surface area contributed by atoms with E-state index in [0.29, 0.717) is 13.2 Å². The lowest BCUT2D eigenvalue weighted by molar-refractivity contribution is -0.141. The van der Waals surface area contributed by atoms with Gasteiger partial charge in [0.2, 0.25) is 0 Å². The van der Waals surface area contributed by atoms with Crippen LogP contribution in [0.25, 0.3) is 0 Å². The van der Waals surface area contributed by atoms with Crippen LogP contribution in [0, 0.1) is 5.92 Å². The largest absolute Gasteiger partial charge is 0.480 e. The number of hydrogen-bond acceptors (Lipinski definition) is 3. The molecule has 2 N–H and O–H groups in total. The molecule has 2 unspecified atom stereocenters. The molecule has 0 aromatic heterocycles. The normalized spacial score (nSPS) is 18.8. The molecule has 0 aromatic carbocycles. The summed E-state index contributed by atoms with van der Waals surface area (Å²) in [6, 6.07) is -1.19. The molecule has 0 heterocycles. The number of rotatable bonds is 7. The molecule has 6 heteroatoms. The quantitative estimate of drug-likeness (QED) is 0.754. The van der Waals surface area contributed by atoms with Crippen molar-refractivity contribution in [2.24, 2.45) is 5.92 Å². The summed E-state index contributed by atoms with van der Waals surface area (Å²) in [4.78, 5) is 25.4. The summed E-state index contributed by atoms with van der Waals surface area (Å²) >= 11 is 0. The second-order valence-corrected chi connectivity index (χ2v) is 5.75. The fraction of sp³-hybridized carbons (Fsp3) is 0.867. The highest BCUT2D eigenvalue weighted by atomic mass is 16.5. The summed E-state index contributed by atoms with van der Waals surface area (Å²) < 4.78 is 5.07. The first-order valence-corrected chi connectivity index (χ1v) is 7.80. The highest BCUT2D eigenvalue weighted by Gasteiger charge is 2.32. The Bertz CT molecular complexity index is 343. The summed E-state index contributed by atoms with van der Waals surface area (Å²) in [6.07, 6.45) is 4.99. The number of urea groups is 1. The average molecular weight is 300 g/mol. The minimum Gasteiger partial charge on any atom is -0.480 e. The van der Waals surface area contributed by atoms with E-state index in [0.717, 1.165) is 32.1 Å². The smallest absolute Gasteiger partial charge is 0.326 e. The Hall–Kier alpha value is -1.30. The topological polar surface area (TPSA) is 78.9 Å². The number of nitrogens with one attached hydrogen (secondary N) is 1. The van der Waals surface area contributed by atoms with Crippen molar-refractivity contribution in [2.45, 2.75) is 58.0 Å². The van der Waals surface area contributed by atoms with Crippen LogP contribution in [-0.4, -0.2) is 54.4 Å². The van der Waals surface area contributed by atoms with Gasteiger partial charge in [0, 0.05) is 13.7 Å². The molecule has 2 atom stereocenters. The Kier molecular flexibility index (Phi) is 7.50. The van der Waals surface area contributed by atoms with Gasteiger partial charge in [-0.25, -0.2) is 9.59 Å². The maximum absolute atomic E-state index is 12.3. The molecule has 1 fully saturated rings. The van der Waals surface area contributed by atoms with Gasteiger partial charge in [0.1, 0.15) is 6.04 Å². The third-order valence-electron chi connectivity index (χ3n) is 4.21. The number of carbonyl (C=O) groups is 2. The molecule has 1 rings (SSSR count). The molecule has 0 saturated heterocycles. The van der Waals surface area contributed by atoms with Gasteiger partial charge >= 0.3 is 12.0 Å². The van der Waals surface area contributed by atoms with Crippen molar-refractivity contribution in [2.75, 3.05) is 20.3 Å². The summed E-state index contributed by atoms with van der Waals surface area (Å²) in [5.74, 6) is -0.901. The number of ether oxygens (including phenoxy) is 1. The van der Waals surface area contributed by atoms with Crippen molar-refractivity contribution in [1.82, 2.24) is 10.2 Å². The Balaban J connectivity index is 2.68. The Morgan fingerprint density at radius 1 is 1.33 bits per heavy atom. The van der Waals surface area contributed by atoms with E-state index in [-0.39, 0.29) is 18.0 Å². The number of amides is 2. The van der Waals surface area contributed by atoms with Crippen LogP contribution in [0.15, 0.2) is 0 Å². The number of hydrogen-bond donors (Lipinski definition) is 2. The molecular weight excluding hydrogens is 272 g/mol. The molecule has 1 aliphatic rings. The van der Waals surface area contributed by atoms with Gasteiger partial charge in [0.25, 0.3) is 0 Å². The number of methoxy groups -OCH3 is 1.